The van der Waals surface area contributed by atoms with Gasteiger partial charge in [-0.2, -0.15) is 0 Å². The van der Waals surface area contributed by atoms with Gasteiger partial charge in [0.15, 0.2) is 0 Å². The van der Waals surface area contributed by atoms with E-state index in [1.54, 1.807) is 0 Å². The molecule has 0 unspecified atom stereocenters. The van der Waals surface area contributed by atoms with Crippen molar-refractivity contribution >= 4 is 48.9 Å². The summed E-state index contributed by atoms with van der Waals surface area (Å²) in [6.07, 6.45) is 0.813. The molecule has 2 rings (SSSR count). The Balaban J connectivity index is 2.04. The number of rotatable bonds is 6. The molecule has 1 aromatic heterocycles. The van der Waals surface area contributed by atoms with Crippen molar-refractivity contribution in [3.63, 3.8) is 0 Å². The van der Waals surface area contributed by atoms with E-state index in [9.17, 15) is 8.42 Å². The fourth-order valence-corrected chi connectivity index (χ4v) is 5.16. The summed E-state index contributed by atoms with van der Waals surface area (Å²) in [5.41, 5.74) is 7.51. The van der Waals surface area contributed by atoms with Gasteiger partial charge in [-0.05, 0) is 46.1 Å². The Morgan fingerprint density at radius 2 is 1.86 bits per heavy atom. The summed E-state index contributed by atoms with van der Waals surface area (Å²) in [6, 6.07) is 9.13. The molecule has 0 aliphatic carbocycles. The van der Waals surface area contributed by atoms with Crippen LogP contribution in [0, 0.1) is 0 Å². The van der Waals surface area contributed by atoms with E-state index in [4.69, 9.17) is 17.3 Å². The highest BCUT2D eigenvalue weighted by Gasteiger charge is 2.18. The van der Waals surface area contributed by atoms with Crippen LogP contribution < -0.4 is 10.5 Å². The lowest BCUT2D eigenvalue weighted by Gasteiger charge is -2.06. The van der Waals surface area contributed by atoms with Crippen LogP contribution in [0.4, 0.5) is 0 Å². The van der Waals surface area contributed by atoms with Crippen molar-refractivity contribution in [2.75, 3.05) is 6.54 Å². The normalized spacial score (nSPS) is 11.8. The van der Waals surface area contributed by atoms with E-state index in [2.05, 4.69) is 20.7 Å². The zero-order valence-electron chi connectivity index (χ0n) is 11.0. The molecule has 0 atom stereocenters. The van der Waals surface area contributed by atoms with Gasteiger partial charge >= 0.3 is 0 Å². The number of nitrogens with one attached hydrogen (secondary N) is 1. The molecular weight excluding hydrogens is 396 g/mol. The number of thiophene rings is 1. The lowest BCUT2D eigenvalue weighted by molar-refractivity contribution is 0.583. The predicted octanol–water partition coefficient (Wildman–Crippen LogP) is 3.14. The molecule has 0 radical (unpaired) electrons. The molecule has 0 aliphatic heterocycles. The van der Waals surface area contributed by atoms with E-state index < -0.39 is 10.0 Å². The maximum absolute atomic E-state index is 12.1. The summed E-state index contributed by atoms with van der Waals surface area (Å²) in [5.74, 6) is 0. The first-order valence-corrected chi connectivity index (χ1v) is 9.62. The Kier molecular flexibility index (Phi) is 5.81. The van der Waals surface area contributed by atoms with Crippen molar-refractivity contribution in [1.82, 2.24) is 4.72 Å². The molecule has 8 heteroatoms. The smallest absolute Gasteiger partial charge is 0.250 e. The van der Waals surface area contributed by atoms with Gasteiger partial charge < -0.3 is 5.73 Å². The molecule has 1 aromatic carbocycles. The second kappa shape index (κ2) is 7.21. The number of nitrogens with two attached hydrogens (primary N) is 1. The van der Waals surface area contributed by atoms with Crippen LogP contribution in [-0.4, -0.2) is 15.0 Å². The molecule has 0 saturated carbocycles. The average molecular weight is 410 g/mol. The van der Waals surface area contributed by atoms with E-state index in [1.807, 2.05) is 24.3 Å². The third kappa shape index (κ3) is 4.51. The van der Waals surface area contributed by atoms with Gasteiger partial charge in [-0.1, -0.05) is 35.9 Å². The minimum absolute atomic E-state index is 0.194. The van der Waals surface area contributed by atoms with Gasteiger partial charge in [0.25, 0.3) is 0 Å². The quantitative estimate of drug-likeness (QED) is 0.770. The van der Waals surface area contributed by atoms with Crippen LogP contribution in [0.5, 0.6) is 0 Å². The molecule has 4 nitrogen and oxygen atoms in total. The van der Waals surface area contributed by atoms with Crippen molar-refractivity contribution in [2.45, 2.75) is 17.2 Å². The molecule has 2 aromatic rings. The predicted molar refractivity (Wildman–Crippen MR) is 90.3 cm³/mol. The van der Waals surface area contributed by atoms with Gasteiger partial charge in [-0.15, -0.1) is 11.3 Å². The molecule has 3 N–H and O–H groups in total. The Hall–Kier alpha value is -0.440. The number of benzene rings is 1. The Labute approximate surface area is 141 Å². The van der Waals surface area contributed by atoms with Crippen molar-refractivity contribution in [2.24, 2.45) is 5.73 Å². The third-order valence-electron chi connectivity index (χ3n) is 2.81. The first-order valence-electron chi connectivity index (χ1n) is 6.15. The lowest BCUT2D eigenvalue weighted by atomic mass is 10.1. The summed E-state index contributed by atoms with van der Waals surface area (Å²) in [6.45, 7) is 0.832. The van der Waals surface area contributed by atoms with E-state index >= 15 is 0 Å². The second-order valence-corrected chi connectivity index (χ2v) is 9.14. The van der Waals surface area contributed by atoms with E-state index in [-0.39, 0.29) is 10.8 Å². The largest absolute Gasteiger partial charge is 0.330 e. The summed E-state index contributed by atoms with van der Waals surface area (Å²) in [5, 5.41) is 0.395. The molecule has 0 bridgehead atoms. The Morgan fingerprint density at radius 1 is 1.24 bits per heavy atom. The summed E-state index contributed by atoms with van der Waals surface area (Å²) < 4.78 is 27.7. The van der Waals surface area contributed by atoms with Crippen molar-refractivity contribution in [1.29, 1.82) is 0 Å². The Bertz CT molecular complexity index is 695. The summed E-state index contributed by atoms with van der Waals surface area (Å²) in [4.78, 5) is 0. The van der Waals surface area contributed by atoms with Gasteiger partial charge in [0, 0.05) is 6.54 Å². The van der Waals surface area contributed by atoms with Crippen LogP contribution >= 0.6 is 38.9 Å². The number of sulfonamides is 1. The zero-order chi connectivity index (χ0) is 15.5. The minimum Gasteiger partial charge on any atom is -0.330 e. The van der Waals surface area contributed by atoms with Crippen LogP contribution in [0.25, 0.3) is 0 Å². The highest BCUT2D eigenvalue weighted by Crippen LogP contribution is 2.34. The van der Waals surface area contributed by atoms with Gasteiger partial charge in [-0.3, -0.25) is 0 Å². The second-order valence-electron chi connectivity index (χ2n) is 4.37. The number of halogens is 2. The summed E-state index contributed by atoms with van der Waals surface area (Å²) >= 11 is 10.2. The van der Waals surface area contributed by atoms with Crippen LogP contribution in [0.15, 0.2) is 38.3 Å². The van der Waals surface area contributed by atoms with Crippen LogP contribution in [0.2, 0.25) is 5.02 Å². The molecule has 1 heterocycles. The monoisotopic (exact) mass is 408 g/mol. The maximum Gasteiger partial charge on any atom is 0.250 e. The van der Waals surface area contributed by atoms with Crippen molar-refractivity contribution in [3.8, 4) is 0 Å². The molecule has 21 heavy (non-hydrogen) atoms. The molecule has 114 valence electrons. The van der Waals surface area contributed by atoms with Gasteiger partial charge in [0.05, 0.1) is 8.81 Å². The van der Waals surface area contributed by atoms with Crippen molar-refractivity contribution in [3.05, 3.63) is 50.3 Å². The average Bonchev–Trinajstić information content (AvgIpc) is 2.79. The standard InChI is InChI=1S/C13H14BrClN2O2S2/c14-13-11(15)7-12(20-13)21(18,19)17-8-10-3-1-9(2-4-10)5-6-16/h1-4,7,17H,5-6,8,16H2. The first kappa shape index (κ1) is 16.9. The molecule has 0 fully saturated rings. The van der Waals surface area contributed by atoms with Crippen LogP contribution in [0.1, 0.15) is 11.1 Å². The SMILES string of the molecule is NCCc1ccc(CNS(=O)(=O)c2cc(Cl)c(Br)s2)cc1. The molecule has 0 amide bonds. The Morgan fingerprint density at radius 3 is 2.38 bits per heavy atom. The molecule has 0 aliphatic rings. The zero-order valence-corrected chi connectivity index (χ0v) is 14.9. The fourth-order valence-electron chi connectivity index (χ4n) is 1.70. The molecular formula is C13H14BrClN2O2S2. The highest BCUT2D eigenvalue weighted by atomic mass is 79.9. The highest BCUT2D eigenvalue weighted by molar-refractivity contribution is 9.11. The molecule has 0 saturated heterocycles. The first-order chi connectivity index (χ1) is 9.92. The van der Waals surface area contributed by atoms with E-state index in [0.717, 1.165) is 28.9 Å². The summed E-state index contributed by atoms with van der Waals surface area (Å²) in [7, 11) is -3.55. The minimum atomic E-state index is -3.55. The van der Waals surface area contributed by atoms with Crippen LogP contribution in [-0.2, 0) is 23.0 Å². The molecule has 0 spiro atoms. The van der Waals surface area contributed by atoms with Crippen molar-refractivity contribution < 1.29 is 8.42 Å². The number of hydrogen-bond acceptors (Lipinski definition) is 4. The topological polar surface area (TPSA) is 72.2 Å². The third-order valence-corrected chi connectivity index (χ3v) is 7.16. The fraction of sp³-hybridized carbons (Fsp3) is 0.231. The van der Waals surface area contributed by atoms with Gasteiger partial charge in [0.1, 0.15) is 4.21 Å². The lowest BCUT2D eigenvalue weighted by Crippen LogP contribution is -2.22. The number of hydrogen-bond donors (Lipinski definition) is 2. The van der Waals surface area contributed by atoms with Crippen LogP contribution in [0.3, 0.4) is 0 Å². The van der Waals surface area contributed by atoms with E-state index in [0.29, 0.717) is 15.4 Å². The van der Waals surface area contributed by atoms with E-state index in [1.165, 1.54) is 6.07 Å². The van der Waals surface area contributed by atoms with Gasteiger partial charge in [-0.25, -0.2) is 13.1 Å². The maximum atomic E-state index is 12.1. The van der Waals surface area contributed by atoms with Gasteiger partial charge in [0.2, 0.25) is 10.0 Å².